The zero-order chi connectivity index (χ0) is 58.5. The molecule has 0 spiro atoms. The van der Waals surface area contributed by atoms with Gasteiger partial charge in [0.05, 0.1) is 25.4 Å². The number of rotatable bonds is 69. The van der Waals surface area contributed by atoms with Crippen molar-refractivity contribution in [3.8, 4) is 0 Å². The summed E-state index contributed by atoms with van der Waals surface area (Å²) in [5.41, 5.74) is 0. The van der Waals surface area contributed by atoms with Crippen molar-refractivity contribution in [1.29, 1.82) is 0 Å². The lowest BCUT2D eigenvalue weighted by Gasteiger charge is -2.20. The van der Waals surface area contributed by atoms with E-state index in [9.17, 15) is 19.8 Å². The molecule has 3 N–H and O–H groups in total. The molecule has 2 unspecified atom stereocenters. The average molecular weight is 1140 g/mol. The van der Waals surface area contributed by atoms with Gasteiger partial charge in [-0.15, -0.1) is 0 Å². The van der Waals surface area contributed by atoms with Crippen molar-refractivity contribution in [3.63, 3.8) is 0 Å². The molecule has 0 saturated carbocycles. The second-order valence-electron chi connectivity index (χ2n) is 25.3. The second-order valence-corrected chi connectivity index (χ2v) is 25.3. The molecule has 2 atom stereocenters. The van der Waals surface area contributed by atoms with Gasteiger partial charge in [-0.05, 0) is 64.2 Å². The Bertz CT molecular complexity index is 1310. The lowest BCUT2D eigenvalue weighted by atomic mass is 10.0. The maximum atomic E-state index is 12.5. The molecule has 0 saturated heterocycles. The Morgan fingerprint density at radius 3 is 0.938 bits per heavy atom. The predicted molar refractivity (Wildman–Crippen MR) is 356 cm³/mol. The molecular formula is C75H143NO5. The molecule has 0 aromatic heterocycles. The van der Waals surface area contributed by atoms with Crippen molar-refractivity contribution in [1.82, 2.24) is 5.32 Å². The average Bonchev–Trinajstić information content (AvgIpc) is 3.47. The van der Waals surface area contributed by atoms with Crippen LogP contribution in [0.4, 0.5) is 0 Å². The number of carbonyl (C=O) groups excluding carboxylic acids is 2. The molecule has 0 radical (unpaired) electrons. The van der Waals surface area contributed by atoms with E-state index in [2.05, 4.69) is 43.5 Å². The molecule has 0 bridgehead atoms. The standard InChI is InChI=1S/C75H143NO5/c1-3-5-7-9-11-13-15-17-41-45-49-53-57-61-65-69-75(80)81-70-66-62-58-54-50-46-43-40-38-36-34-32-30-28-26-24-22-20-18-19-21-23-25-27-29-31-33-35-37-39-42-44-48-52-56-60-64-68-74(79)76-72(71-77)73(78)67-63-59-55-51-47-16-14-12-10-8-6-4-2/h18,20,24,26,63,67,72-73,77-78H,3-17,19,21-23,25,27-62,64-66,68-71H2,1-2H3,(H,76,79)/b20-18-,26-24-,67-63+. The van der Waals surface area contributed by atoms with Gasteiger partial charge in [-0.25, -0.2) is 0 Å². The van der Waals surface area contributed by atoms with Gasteiger partial charge in [-0.3, -0.25) is 9.59 Å². The highest BCUT2D eigenvalue weighted by atomic mass is 16.5. The maximum Gasteiger partial charge on any atom is 0.305 e. The van der Waals surface area contributed by atoms with E-state index >= 15 is 0 Å². The van der Waals surface area contributed by atoms with Gasteiger partial charge >= 0.3 is 5.97 Å². The van der Waals surface area contributed by atoms with Crippen LogP contribution in [0.25, 0.3) is 0 Å². The van der Waals surface area contributed by atoms with Crippen LogP contribution in [-0.4, -0.2) is 47.4 Å². The summed E-state index contributed by atoms with van der Waals surface area (Å²) in [5, 5.41) is 23.1. The zero-order valence-electron chi connectivity index (χ0n) is 54.8. The maximum absolute atomic E-state index is 12.5. The van der Waals surface area contributed by atoms with Crippen LogP contribution in [0.15, 0.2) is 36.5 Å². The smallest absolute Gasteiger partial charge is 0.305 e. The third kappa shape index (κ3) is 67.1. The molecule has 0 aliphatic carbocycles. The molecule has 0 aliphatic heterocycles. The number of carbonyl (C=O) groups is 2. The van der Waals surface area contributed by atoms with Crippen molar-refractivity contribution in [2.75, 3.05) is 13.2 Å². The van der Waals surface area contributed by atoms with Crippen LogP contribution in [0.1, 0.15) is 406 Å². The second kappa shape index (κ2) is 70.6. The number of aliphatic hydroxyl groups is 2. The minimum Gasteiger partial charge on any atom is -0.466 e. The molecule has 0 aromatic rings. The van der Waals surface area contributed by atoms with Crippen molar-refractivity contribution in [2.45, 2.75) is 418 Å². The Morgan fingerprint density at radius 1 is 0.346 bits per heavy atom. The number of esters is 1. The molecule has 6 heteroatoms. The summed E-state index contributed by atoms with van der Waals surface area (Å²) in [6, 6.07) is -0.625. The number of hydrogen-bond acceptors (Lipinski definition) is 5. The van der Waals surface area contributed by atoms with Crippen LogP contribution in [0.5, 0.6) is 0 Å². The van der Waals surface area contributed by atoms with E-state index in [4.69, 9.17) is 4.74 Å². The lowest BCUT2D eigenvalue weighted by molar-refractivity contribution is -0.143. The van der Waals surface area contributed by atoms with Crippen LogP contribution in [0.2, 0.25) is 0 Å². The normalized spacial score (nSPS) is 12.7. The van der Waals surface area contributed by atoms with Crippen LogP contribution >= 0.6 is 0 Å². The SMILES string of the molecule is CCCCCCCCCCCC/C=C/C(O)C(CO)NC(=O)CCCCCCCCCCCCCCCCCCC/C=C\C/C=C\CCCCCCCCCCCCCCCOC(=O)CCCCCCCCCCCCCCCCC. The monoisotopic (exact) mass is 1140 g/mol. The van der Waals surface area contributed by atoms with Crippen molar-refractivity contribution >= 4 is 11.9 Å². The summed E-state index contributed by atoms with van der Waals surface area (Å²) < 4.78 is 5.50. The number of unbranched alkanes of at least 4 members (excludes halogenated alkanes) is 54. The Morgan fingerprint density at radius 2 is 0.617 bits per heavy atom. The van der Waals surface area contributed by atoms with Gasteiger partial charge in [0.15, 0.2) is 0 Å². The van der Waals surface area contributed by atoms with Gasteiger partial charge < -0.3 is 20.3 Å². The largest absolute Gasteiger partial charge is 0.466 e. The Balaban J connectivity index is 3.35. The highest BCUT2D eigenvalue weighted by Gasteiger charge is 2.18. The Kier molecular flexibility index (Phi) is 68.9. The van der Waals surface area contributed by atoms with Gasteiger partial charge in [0.25, 0.3) is 0 Å². The summed E-state index contributed by atoms with van der Waals surface area (Å²) in [6.07, 6.45) is 91.1. The van der Waals surface area contributed by atoms with Gasteiger partial charge in [-0.2, -0.15) is 0 Å². The van der Waals surface area contributed by atoms with Gasteiger partial charge in [0, 0.05) is 12.8 Å². The summed E-state index contributed by atoms with van der Waals surface area (Å²) in [6.45, 7) is 4.93. The highest BCUT2D eigenvalue weighted by Crippen LogP contribution is 2.19. The summed E-state index contributed by atoms with van der Waals surface area (Å²) >= 11 is 0. The zero-order valence-corrected chi connectivity index (χ0v) is 54.8. The summed E-state index contributed by atoms with van der Waals surface area (Å²) in [4.78, 5) is 24.5. The molecule has 6 nitrogen and oxygen atoms in total. The van der Waals surface area contributed by atoms with Crippen LogP contribution in [-0.2, 0) is 14.3 Å². The fraction of sp³-hybridized carbons (Fsp3) is 0.893. The third-order valence-corrected chi connectivity index (χ3v) is 17.2. The van der Waals surface area contributed by atoms with Gasteiger partial charge in [0.1, 0.15) is 0 Å². The molecule has 478 valence electrons. The number of allylic oxidation sites excluding steroid dienone is 5. The molecule has 1 amide bonds. The predicted octanol–water partition coefficient (Wildman–Crippen LogP) is 23.9. The molecule has 0 aliphatic rings. The fourth-order valence-electron chi connectivity index (χ4n) is 11.6. The number of amides is 1. The van der Waals surface area contributed by atoms with Crippen LogP contribution in [0.3, 0.4) is 0 Å². The van der Waals surface area contributed by atoms with Crippen molar-refractivity contribution in [3.05, 3.63) is 36.5 Å². The van der Waals surface area contributed by atoms with E-state index in [1.807, 2.05) is 6.08 Å². The third-order valence-electron chi connectivity index (χ3n) is 17.2. The highest BCUT2D eigenvalue weighted by molar-refractivity contribution is 5.76. The van der Waals surface area contributed by atoms with Gasteiger partial charge in [-0.1, -0.05) is 365 Å². The number of ether oxygens (including phenoxy) is 1. The fourth-order valence-corrected chi connectivity index (χ4v) is 11.6. The molecule has 81 heavy (non-hydrogen) atoms. The summed E-state index contributed by atoms with van der Waals surface area (Å²) in [5.74, 6) is -0.0425. The molecule has 0 aromatic carbocycles. The number of nitrogens with one attached hydrogen (secondary N) is 1. The molecule has 0 rings (SSSR count). The van der Waals surface area contributed by atoms with Gasteiger partial charge in [0.2, 0.25) is 5.91 Å². The van der Waals surface area contributed by atoms with E-state index in [0.29, 0.717) is 19.4 Å². The number of aliphatic hydroxyl groups excluding tert-OH is 2. The Hall–Kier alpha value is -1.92. The molecule has 0 heterocycles. The minimum atomic E-state index is -0.841. The first-order valence-electron chi connectivity index (χ1n) is 36.8. The van der Waals surface area contributed by atoms with E-state index in [0.717, 1.165) is 44.9 Å². The van der Waals surface area contributed by atoms with E-state index in [1.165, 1.54) is 334 Å². The molecular weight excluding hydrogens is 995 g/mol. The number of hydrogen-bond donors (Lipinski definition) is 3. The van der Waals surface area contributed by atoms with E-state index in [-0.39, 0.29) is 18.5 Å². The topological polar surface area (TPSA) is 95.9 Å². The van der Waals surface area contributed by atoms with Crippen molar-refractivity contribution < 1.29 is 24.5 Å². The first kappa shape index (κ1) is 79.1. The minimum absolute atomic E-state index is 0.0219. The van der Waals surface area contributed by atoms with Crippen LogP contribution in [0, 0.1) is 0 Å². The van der Waals surface area contributed by atoms with Crippen LogP contribution < -0.4 is 5.32 Å². The Labute approximate surface area is 506 Å². The van der Waals surface area contributed by atoms with E-state index < -0.39 is 12.1 Å². The molecule has 0 fully saturated rings. The first-order valence-corrected chi connectivity index (χ1v) is 36.8. The quantitative estimate of drug-likeness (QED) is 0.0320. The summed E-state index contributed by atoms with van der Waals surface area (Å²) in [7, 11) is 0. The lowest BCUT2D eigenvalue weighted by Crippen LogP contribution is -2.45. The van der Waals surface area contributed by atoms with Crippen molar-refractivity contribution in [2.24, 2.45) is 0 Å². The first-order chi connectivity index (χ1) is 40.0. The van der Waals surface area contributed by atoms with E-state index in [1.54, 1.807) is 6.08 Å².